The highest BCUT2D eigenvalue weighted by atomic mass is 16.6. The number of piperidine rings is 1. The molecule has 25 heavy (non-hydrogen) atoms. The molecule has 8 heteroatoms. The van der Waals surface area contributed by atoms with Crippen LogP contribution in [0.25, 0.3) is 0 Å². The Balaban J connectivity index is 2.16. The van der Waals surface area contributed by atoms with E-state index in [9.17, 15) is 19.7 Å². The third-order valence-electron chi connectivity index (χ3n) is 4.22. The van der Waals surface area contributed by atoms with Crippen molar-refractivity contribution in [2.24, 2.45) is 5.92 Å². The van der Waals surface area contributed by atoms with E-state index < -0.39 is 10.8 Å². The molecular formula is C17H24N4O4. The maximum absolute atomic E-state index is 12.1. The molecule has 0 aliphatic carbocycles. The lowest BCUT2D eigenvalue weighted by molar-refractivity contribution is -0.384. The molecule has 136 valence electrons. The second kappa shape index (κ2) is 8.46. The van der Waals surface area contributed by atoms with Gasteiger partial charge < -0.3 is 15.5 Å². The van der Waals surface area contributed by atoms with Crippen LogP contribution in [0.4, 0.5) is 11.4 Å². The quantitative estimate of drug-likeness (QED) is 0.601. The molecule has 0 bridgehead atoms. The topological polar surface area (TPSA) is 105 Å². The van der Waals surface area contributed by atoms with Crippen molar-refractivity contribution in [2.75, 3.05) is 31.1 Å². The molecule has 8 nitrogen and oxygen atoms in total. The van der Waals surface area contributed by atoms with E-state index in [1.165, 1.54) is 6.07 Å². The summed E-state index contributed by atoms with van der Waals surface area (Å²) in [7, 11) is 0. The number of benzene rings is 1. The number of anilines is 1. The Bertz CT molecular complexity index is 662. The number of rotatable bonds is 6. The van der Waals surface area contributed by atoms with E-state index in [2.05, 4.69) is 17.6 Å². The Morgan fingerprint density at radius 2 is 2.12 bits per heavy atom. The molecule has 0 saturated carbocycles. The van der Waals surface area contributed by atoms with Gasteiger partial charge in [0, 0.05) is 31.3 Å². The summed E-state index contributed by atoms with van der Waals surface area (Å²) in [6.45, 7) is 5.76. The Morgan fingerprint density at radius 1 is 1.36 bits per heavy atom. The van der Waals surface area contributed by atoms with Crippen molar-refractivity contribution >= 4 is 23.2 Å². The Morgan fingerprint density at radius 3 is 2.76 bits per heavy atom. The molecule has 1 unspecified atom stereocenters. The molecule has 1 saturated heterocycles. The Labute approximate surface area is 146 Å². The maximum atomic E-state index is 12.1. The van der Waals surface area contributed by atoms with Crippen molar-refractivity contribution in [3.8, 4) is 0 Å². The van der Waals surface area contributed by atoms with E-state index in [1.54, 1.807) is 19.1 Å². The van der Waals surface area contributed by atoms with Crippen molar-refractivity contribution in [3.63, 3.8) is 0 Å². The lowest BCUT2D eigenvalue weighted by atomic mass is 9.99. The van der Waals surface area contributed by atoms with Crippen LogP contribution < -0.4 is 15.5 Å². The molecule has 1 aliphatic rings. The number of carbonyl (C=O) groups excluding carboxylic acids is 2. The van der Waals surface area contributed by atoms with Gasteiger partial charge in [0.25, 0.3) is 11.6 Å². The first kappa shape index (κ1) is 18.7. The number of nitro groups is 1. The number of nitrogens with zero attached hydrogens (tertiary/aromatic N) is 2. The minimum absolute atomic E-state index is 0.0836. The largest absolute Gasteiger partial charge is 0.366 e. The summed E-state index contributed by atoms with van der Waals surface area (Å²) in [6.07, 6.45) is 2.11. The molecule has 1 aromatic rings. The van der Waals surface area contributed by atoms with Gasteiger partial charge in [-0.05, 0) is 37.8 Å². The maximum Gasteiger partial charge on any atom is 0.293 e. The molecule has 0 aromatic heterocycles. The zero-order chi connectivity index (χ0) is 18.4. The predicted octanol–water partition coefficient (Wildman–Crippen LogP) is 1.70. The van der Waals surface area contributed by atoms with Gasteiger partial charge in [-0.2, -0.15) is 0 Å². The van der Waals surface area contributed by atoms with Crippen LogP contribution in [0, 0.1) is 16.0 Å². The monoisotopic (exact) mass is 348 g/mol. The normalized spacial score (nSPS) is 17.0. The van der Waals surface area contributed by atoms with Crippen LogP contribution in [-0.2, 0) is 4.79 Å². The number of hydrogen-bond donors (Lipinski definition) is 2. The van der Waals surface area contributed by atoms with Gasteiger partial charge in [0.05, 0.1) is 11.5 Å². The lowest BCUT2D eigenvalue weighted by Crippen LogP contribution is -2.37. The molecule has 2 amide bonds. The van der Waals surface area contributed by atoms with Crippen LogP contribution in [-0.4, -0.2) is 42.9 Å². The van der Waals surface area contributed by atoms with Crippen LogP contribution in [0.5, 0.6) is 0 Å². The molecule has 1 aromatic carbocycles. The molecule has 1 fully saturated rings. The molecule has 1 heterocycles. The average molecular weight is 348 g/mol. The summed E-state index contributed by atoms with van der Waals surface area (Å²) in [5.41, 5.74) is 0.626. The zero-order valence-electron chi connectivity index (χ0n) is 14.6. The SMILES string of the molecule is CCNC(=O)CNC(=O)c1ccc(N2CCCC(C)C2)c([N+](=O)[O-])c1. The highest BCUT2D eigenvalue weighted by Gasteiger charge is 2.25. The van der Waals surface area contributed by atoms with Crippen LogP contribution in [0.2, 0.25) is 0 Å². The Hall–Kier alpha value is -2.64. The average Bonchev–Trinajstić information content (AvgIpc) is 2.59. The standard InChI is InChI=1S/C17H24N4O4/c1-3-18-16(22)10-19-17(23)13-6-7-14(15(9-13)21(24)25)20-8-4-5-12(2)11-20/h6-7,9,12H,3-5,8,10-11H2,1-2H3,(H,18,22)(H,19,23). The van der Waals surface area contributed by atoms with E-state index in [-0.39, 0.29) is 23.7 Å². The number of nitro benzene ring substituents is 1. The first-order valence-corrected chi connectivity index (χ1v) is 8.50. The second-order valence-corrected chi connectivity index (χ2v) is 6.29. The van der Waals surface area contributed by atoms with Gasteiger partial charge in [0.15, 0.2) is 0 Å². The van der Waals surface area contributed by atoms with Gasteiger partial charge in [0.1, 0.15) is 5.69 Å². The van der Waals surface area contributed by atoms with Gasteiger partial charge in [-0.15, -0.1) is 0 Å². The van der Waals surface area contributed by atoms with Crippen molar-refractivity contribution < 1.29 is 14.5 Å². The summed E-state index contributed by atoms with van der Waals surface area (Å²) < 4.78 is 0. The minimum atomic E-state index is -0.507. The molecule has 2 N–H and O–H groups in total. The first-order valence-electron chi connectivity index (χ1n) is 8.50. The number of hydrogen-bond acceptors (Lipinski definition) is 5. The predicted molar refractivity (Wildman–Crippen MR) is 94.7 cm³/mol. The van der Waals surface area contributed by atoms with Gasteiger partial charge >= 0.3 is 0 Å². The smallest absolute Gasteiger partial charge is 0.293 e. The van der Waals surface area contributed by atoms with Crippen LogP contribution in [0.15, 0.2) is 18.2 Å². The third-order valence-corrected chi connectivity index (χ3v) is 4.22. The fraction of sp³-hybridized carbons (Fsp3) is 0.529. The molecule has 0 spiro atoms. The summed E-state index contributed by atoms with van der Waals surface area (Å²) in [5, 5.41) is 16.5. The fourth-order valence-electron chi connectivity index (χ4n) is 3.01. The first-order chi connectivity index (χ1) is 11.9. The molecule has 1 aliphatic heterocycles. The van der Waals surface area contributed by atoms with E-state index >= 15 is 0 Å². The molecule has 2 rings (SSSR count). The van der Waals surface area contributed by atoms with E-state index in [1.807, 2.05) is 4.90 Å². The van der Waals surface area contributed by atoms with Crippen molar-refractivity contribution in [1.29, 1.82) is 0 Å². The second-order valence-electron chi connectivity index (χ2n) is 6.29. The number of likely N-dealkylation sites (N-methyl/N-ethyl adjacent to an activating group) is 1. The van der Waals surface area contributed by atoms with Crippen LogP contribution >= 0.6 is 0 Å². The highest BCUT2D eigenvalue weighted by molar-refractivity contribution is 5.97. The zero-order valence-corrected chi connectivity index (χ0v) is 14.6. The summed E-state index contributed by atoms with van der Waals surface area (Å²) in [6, 6.07) is 4.47. The van der Waals surface area contributed by atoms with Crippen LogP contribution in [0.3, 0.4) is 0 Å². The highest BCUT2D eigenvalue weighted by Crippen LogP contribution is 2.32. The lowest BCUT2D eigenvalue weighted by Gasteiger charge is -2.32. The summed E-state index contributed by atoms with van der Waals surface area (Å²) in [5.74, 6) is -0.328. The summed E-state index contributed by atoms with van der Waals surface area (Å²) in [4.78, 5) is 36.5. The molecule has 0 radical (unpaired) electrons. The van der Waals surface area contributed by atoms with E-state index in [0.717, 1.165) is 25.9 Å². The molecule has 1 atom stereocenters. The number of nitrogens with one attached hydrogen (secondary N) is 2. The van der Waals surface area contributed by atoms with Crippen LogP contribution in [0.1, 0.15) is 37.0 Å². The van der Waals surface area contributed by atoms with Gasteiger partial charge in [0.2, 0.25) is 5.91 Å². The van der Waals surface area contributed by atoms with E-state index in [0.29, 0.717) is 18.2 Å². The number of carbonyl (C=O) groups is 2. The van der Waals surface area contributed by atoms with Gasteiger partial charge in [-0.1, -0.05) is 6.92 Å². The van der Waals surface area contributed by atoms with Crippen molar-refractivity contribution in [3.05, 3.63) is 33.9 Å². The fourth-order valence-corrected chi connectivity index (χ4v) is 3.01. The third kappa shape index (κ3) is 4.91. The number of amides is 2. The molecular weight excluding hydrogens is 324 g/mol. The van der Waals surface area contributed by atoms with Gasteiger partial charge in [-0.25, -0.2) is 0 Å². The minimum Gasteiger partial charge on any atom is -0.366 e. The van der Waals surface area contributed by atoms with Crippen molar-refractivity contribution in [1.82, 2.24) is 10.6 Å². The Kier molecular flexibility index (Phi) is 6.32. The van der Waals surface area contributed by atoms with Crippen molar-refractivity contribution in [2.45, 2.75) is 26.7 Å². The van der Waals surface area contributed by atoms with E-state index in [4.69, 9.17) is 0 Å². The summed E-state index contributed by atoms with van der Waals surface area (Å²) >= 11 is 0. The van der Waals surface area contributed by atoms with Gasteiger partial charge in [-0.3, -0.25) is 19.7 Å².